The highest BCUT2D eigenvalue weighted by molar-refractivity contribution is 7.99. The van der Waals surface area contributed by atoms with Crippen molar-refractivity contribution >= 4 is 23.4 Å². The number of alkyl halides is 1. The van der Waals surface area contributed by atoms with Gasteiger partial charge >= 0.3 is 0 Å². The Hall–Kier alpha value is -0.960. The zero-order valence-electron chi connectivity index (χ0n) is 10.8. The quantitative estimate of drug-likeness (QED) is 0.463. The van der Waals surface area contributed by atoms with E-state index in [2.05, 4.69) is 53.8 Å². The van der Waals surface area contributed by atoms with Gasteiger partial charge in [0.1, 0.15) is 0 Å². The van der Waals surface area contributed by atoms with E-state index in [4.69, 9.17) is 11.6 Å². The van der Waals surface area contributed by atoms with Gasteiger partial charge in [-0.3, -0.25) is 0 Å². The minimum atomic E-state index is 0.581. The average Bonchev–Trinajstić information content (AvgIpc) is 2.48. The van der Waals surface area contributed by atoms with Crippen molar-refractivity contribution in [2.24, 2.45) is 0 Å². The lowest BCUT2D eigenvalue weighted by molar-refractivity contribution is 0.731. The number of rotatable bonds is 7. The molecule has 0 spiro atoms. The summed E-state index contributed by atoms with van der Waals surface area (Å²) < 4.78 is 0. The summed E-state index contributed by atoms with van der Waals surface area (Å²) in [6.45, 7) is 1.91. The summed E-state index contributed by atoms with van der Waals surface area (Å²) in [5.74, 6) is 1.66. The largest absolute Gasteiger partial charge is 0.312 e. The lowest BCUT2D eigenvalue weighted by atomic mass is 10.1. The highest BCUT2D eigenvalue weighted by Gasteiger charge is 1.96. The molecule has 2 rings (SSSR count). The molecule has 0 aromatic heterocycles. The van der Waals surface area contributed by atoms with E-state index in [9.17, 15) is 0 Å². The van der Waals surface area contributed by atoms with Gasteiger partial charge in [0.25, 0.3) is 0 Å². The van der Waals surface area contributed by atoms with Crippen LogP contribution in [0.3, 0.4) is 0 Å². The first-order valence-electron chi connectivity index (χ1n) is 6.41. The van der Waals surface area contributed by atoms with Crippen LogP contribution in [0.5, 0.6) is 0 Å². The minimum absolute atomic E-state index is 0.581. The summed E-state index contributed by atoms with van der Waals surface area (Å²) in [5, 5.41) is 3.46. The second kappa shape index (κ2) is 8.26. The zero-order valence-corrected chi connectivity index (χ0v) is 12.4. The lowest BCUT2D eigenvalue weighted by Gasteiger charge is -2.06. The SMILES string of the molecule is ClCc1cccc(CNCCSc2ccccc2)c1. The topological polar surface area (TPSA) is 12.0 Å². The van der Waals surface area contributed by atoms with E-state index in [-0.39, 0.29) is 0 Å². The first-order chi connectivity index (χ1) is 9.38. The fourth-order valence-electron chi connectivity index (χ4n) is 1.81. The Morgan fingerprint density at radius 3 is 2.53 bits per heavy atom. The van der Waals surface area contributed by atoms with Crippen LogP contribution in [0.1, 0.15) is 11.1 Å². The van der Waals surface area contributed by atoms with Gasteiger partial charge in [0, 0.05) is 29.6 Å². The molecule has 0 atom stereocenters. The van der Waals surface area contributed by atoms with Crippen molar-refractivity contribution in [1.29, 1.82) is 0 Å². The summed E-state index contributed by atoms with van der Waals surface area (Å²) in [4.78, 5) is 1.33. The maximum Gasteiger partial charge on any atom is 0.0474 e. The monoisotopic (exact) mass is 291 g/mol. The second-order valence-electron chi connectivity index (χ2n) is 4.29. The summed E-state index contributed by atoms with van der Waals surface area (Å²) in [6, 6.07) is 18.9. The lowest BCUT2D eigenvalue weighted by Crippen LogP contribution is -2.16. The number of halogens is 1. The first kappa shape index (κ1) is 14.4. The van der Waals surface area contributed by atoms with Crippen LogP contribution in [0.25, 0.3) is 0 Å². The van der Waals surface area contributed by atoms with Gasteiger partial charge in [0.05, 0.1) is 0 Å². The molecule has 0 aliphatic carbocycles. The van der Waals surface area contributed by atoms with Crippen LogP contribution in [0.4, 0.5) is 0 Å². The molecule has 3 heteroatoms. The Kier molecular flexibility index (Phi) is 6.28. The minimum Gasteiger partial charge on any atom is -0.312 e. The summed E-state index contributed by atoms with van der Waals surface area (Å²) in [6.07, 6.45) is 0. The Bertz CT molecular complexity index is 487. The molecule has 0 aliphatic heterocycles. The van der Waals surface area contributed by atoms with E-state index in [1.807, 2.05) is 17.8 Å². The highest BCUT2D eigenvalue weighted by Crippen LogP contribution is 2.15. The number of benzene rings is 2. The molecule has 0 unspecified atom stereocenters. The van der Waals surface area contributed by atoms with Crippen molar-refractivity contribution in [3.63, 3.8) is 0 Å². The molecule has 2 aromatic carbocycles. The Balaban J connectivity index is 1.66. The zero-order chi connectivity index (χ0) is 13.3. The molecule has 100 valence electrons. The van der Waals surface area contributed by atoms with Gasteiger partial charge in [-0.25, -0.2) is 0 Å². The van der Waals surface area contributed by atoms with Crippen molar-refractivity contribution in [3.8, 4) is 0 Å². The standard InChI is InChI=1S/C16H18ClNS/c17-12-14-5-4-6-15(11-14)13-18-9-10-19-16-7-2-1-3-8-16/h1-8,11,18H,9-10,12-13H2. The van der Waals surface area contributed by atoms with Gasteiger partial charge in [0.15, 0.2) is 0 Å². The van der Waals surface area contributed by atoms with Gasteiger partial charge in [-0.15, -0.1) is 23.4 Å². The third-order valence-corrected chi connectivity index (χ3v) is 4.09. The fourth-order valence-corrected chi connectivity index (χ4v) is 2.81. The maximum atomic E-state index is 5.83. The van der Waals surface area contributed by atoms with Gasteiger partial charge in [0.2, 0.25) is 0 Å². The van der Waals surface area contributed by atoms with Crippen molar-refractivity contribution < 1.29 is 0 Å². The van der Waals surface area contributed by atoms with Gasteiger partial charge in [-0.2, -0.15) is 0 Å². The van der Waals surface area contributed by atoms with Crippen LogP contribution in [0, 0.1) is 0 Å². The third kappa shape index (κ3) is 5.27. The fraction of sp³-hybridized carbons (Fsp3) is 0.250. The second-order valence-corrected chi connectivity index (χ2v) is 5.73. The predicted molar refractivity (Wildman–Crippen MR) is 84.9 cm³/mol. The molecule has 2 aromatic rings. The molecule has 0 saturated heterocycles. The Labute approximate surface area is 124 Å². The maximum absolute atomic E-state index is 5.83. The molecular weight excluding hydrogens is 274 g/mol. The normalized spacial score (nSPS) is 10.6. The van der Waals surface area contributed by atoms with Crippen LogP contribution in [0.2, 0.25) is 0 Å². The van der Waals surface area contributed by atoms with E-state index in [0.717, 1.165) is 18.8 Å². The van der Waals surface area contributed by atoms with E-state index in [1.54, 1.807) is 0 Å². The van der Waals surface area contributed by atoms with Crippen molar-refractivity contribution in [2.75, 3.05) is 12.3 Å². The molecule has 19 heavy (non-hydrogen) atoms. The average molecular weight is 292 g/mol. The number of hydrogen-bond acceptors (Lipinski definition) is 2. The predicted octanol–water partition coefficient (Wildman–Crippen LogP) is 4.31. The van der Waals surface area contributed by atoms with Gasteiger partial charge < -0.3 is 5.32 Å². The molecule has 1 N–H and O–H groups in total. The van der Waals surface area contributed by atoms with Gasteiger partial charge in [-0.1, -0.05) is 42.5 Å². The van der Waals surface area contributed by atoms with Crippen molar-refractivity contribution in [2.45, 2.75) is 17.3 Å². The van der Waals surface area contributed by atoms with Crippen LogP contribution in [-0.2, 0) is 12.4 Å². The molecular formula is C16H18ClNS. The van der Waals surface area contributed by atoms with Crippen LogP contribution in [0.15, 0.2) is 59.5 Å². The van der Waals surface area contributed by atoms with E-state index >= 15 is 0 Å². The molecule has 0 fully saturated rings. The van der Waals surface area contributed by atoms with Crippen molar-refractivity contribution in [1.82, 2.24) is 5.32 Å². The van der Waals surface area contributed by atoms with Gasteiger partial charge in [-0.05, 0) is 23.3 Å². The van der Waals surface area contributed by atoms with Crippen LogP contribution < -0.4 is 5.32 Å². The molecule has 0 bridgehead atoms. The molecule has 0 saturated carbocycles. The summed E-state index contributed by atoms with van der Waals surface area (Å²) in [7, 11) is 0. The third-order valence-electron chi connectivity index (χ3n) is 2.77. The molecule has 0 radical (unpaired) electrons. The number of thioether (sulfide) groups is 1. The molecule has 0 amide bonds. The molecule has 0 aliphatic rings. The van der Waals surface area contributed by atoms with E-state index in [0.29, 0.717) is 5.88 Å². The van der Waals surface area contributed by atoms with Crippen LogP contribution >= 0.6 is 23.4 Å². The first-order valence-corrected chi connectivity index (χ1v) is 7.93. The van der Waals surface area contributed by atoms with E-state index in [1.165, 1.54) is 16.0 Å². The molecule has 0 heterocycles. The van der Waals surface area contributed by atoms with Crippen LogP contribution in [-0.4, -0.2) is 12.3 Å². The Morgan fingerprint density at radius 2 is 1.74 bits per heavy atom. The molecule has 1 nitrogen and oxygen atoms in total. The smallest absolute Gasteiger partial charge is 0.0474 e. The summed E-state index contributed by atoms with van der Waals surface area (Å²) in [5.41, 5.74) is 2.47. The highest BCUT2D eigenvalue weighted by atomic mass is 35.5. The van der Waals surface area contributed by atoms with Crippen molar-refractivity contribution in [3.05, 3.63) is 65.7 Å². The number of nitrogens with one attached hydrogen (secondary N) is 1. The number of hydrogen-bond donors (Lipinski definition) is 1. The summed E-state index contributed by atoms with van der Waals surface area (Å²) >= 11 is 7.71. The Morgan fingerprint density at radius 1 is 0.947 bits per heavy atom. The van der Waals surface area contributed by atoms with E-state index < -0.39 is 0 Å².